The van der Waals surface area contributed by atoms with Crippen LogP contribution in [0.3, 0.4) is 0 Å². The number of carbonyl (C=O) groups is 1. The molecule has 1 heterocycles. The van der Waals surface area contributed by atoms with Crippen LogP contribution in [0.15, 0.2) is 0 Å². The van der Waals surface area contributed by atoms with Crippen molar-refractivity contribution < 1.29 is 13.2 Å². The fourth-order valence-corrected chi connectivity index (χ4v) is 3.77. The summed E-state index contributed by atoms with van der Waals surface area (Å²) >= 11 is 0. The number of amides is 1. The molecule has 5 nitrogen and oxygen atoms in total. The van der Waals surface area contributed by atoms with Gasteiger partial charge in [0.25, 0.3) is 0 Å². The van der Waals surface area contributed by atoms with Gasteiger partial charge in [0.05, 0.1) is 17.5 Å². The summed E-state index contributed by atoms with van der Waals surface area (Å²) in [6, 6.07) is -0.740. The first-order valence-corrected chi connectivity index (χ1v) is 7.83. The molecule has 0 aromatic carbocycles. The maximum absolute atomic E-state index is 12.0. The monoisotopic (exact) mass is 298 g/mol. The van der Waals surface area contributed by atoms with Gasteiger partial charge in [0.15, 0.2) is 9.84 Å². The van der Waals surface area contributed by atoms with Gasteiger partial charge in [0.2, 0.25) is 5.91 Å². The van der Waals surface area contributed by atoms with Crippen LogP contribution in [-0.2, 0) is 14.6 Å². The van der Waals surface area contributed by atoms with Crippen molar-refractivity contribution in [3.05, 3.63) is 0 Å². The molecule has 1 amide bonds. The van der Waals surface area contributed by atoms with Crippen LogP contribution in [0.5, 0.6) is 0 Å². The van der Waals surface area contributed by atoms with Crippen molar-refractivity contribution in [2.75, 3.05) is 18.6 Å². The van der Waals surface area contributed by atoms with Crippen LogP contribution in [0, 0.1) is 5.92 Å². The Morgan fingerprint density at radius 3 is 2.44 bits per heavy atom. The first-order valence-electron chi connectivity index (χ1n) is 6.01. The van der Waals surface area contributed by atoms with Gasteiger partial charge < -0.3 is 10.6 Å². The smallest absolute Gasteiger partial charge is 0.239 e. The van der Waals surface area contributed by atoms with Crippen molar-refractivity contribution in [3.63, 3.8) is 0 Å². The van der Waals surface area contributed by atoms with Gasteiger partial charge in [-0.15, -0.1) is 12.4 Å². The minimum Gasteiger partial charge on any atom is -0.340 e. The second-order valence-corrected chi connectivity index (χ2v) is 7.15. The van der Waals surface area contributed by atoms with Crippen molar-refractivity contribution in [2.24, 2.45) is 11.7 Å². The number of nitrogens with two attached hydrogens (primary N) is 1. The number of hydrogen-bond donors (Lipinski definition) is 1. The van der Waals surface area contributed by atoms with Crippen LogP contribution in [0.1, 0.15) is 26.7 Å². The molecule has 0 aromatic heterocycles. The average Bonchev–Trinajstić information content (AvgIpc) is 2.65. The highest BCUT2D eigenvalue weighted by Gasteiger charge is 2.34. The highest BCUT2D eigenvalue weighted by Crippen LogP contribution is 2.18. The van der Waals surface area contributed by atoms with E-state index in [1.807, 2.05) is 13.8 Å². The third-order valence-corrected chi connectivity index (χ3v) is 5.40. The molecule has 7 heteroatoms. The van der Waals surface area contributed by atoms with Gasteiger partial charge >= 0.3 is 0 Å². The molecule has 0 radical (unpaired) electrons. The van der Waals surface area contributed by atoms with Crippen LogP contribution in [-0.4, -0.2) is 49.9 Å². The van der Waals surface area contributed by atoms with Crippen molar-refractivity contribution >= 4 is 28.2 Å². The Morgan fingerprint density at radius 1 is 1.50 bits per heavy atom. The number of hydrogen-bond acceptors (Lipinski definition) is 4. The van der Waals surface area contributed by atoms with Crippen LogP contribution in [0.2, 0.25) is 0 Å². The van der Waals surface area contributed by atoms with Gasteiger partial charge in [0.1, 0.15) is 0 Å². The quantitative estimate of drug-likeness (QED) is 0.816. The van der Waals surface area contributed by atoms with Crippen LogP contribution < -0.4 is 5.73 Å². The molecule has 1 aliphatic rings. The lowest BCUT2D eigenvalue weighted by atomic mass is 9.98. The first-order chi connectivity index (χ1) is 7.78. The van der Waals surface area contributed by atoms with Gasteiger partial charge in [-0.2, -0.15) is 0 Å². The molecule has 0 bridgehead atoms. The Balaban J connectivity index is 0.00000289. The number of nitrogens with zero attached hydrogens (tertiary/aromatic N) is 1. The zero-order chi connectivity index (χ0) is 13.2. The number of sulfone groups is 1. The summed E-state index contributed by atoms with van der Waals surface area (Å²) in [5, 5.41) is 0. The topological polar surface area (TPSA) is 80.5 Å². The summed E-state index contributed by atoms with van der Waals surface area (Å²) in [6.45, 7) is 3.92. The molecule has 2 N–H and O–H groups in total. The summed E-state index contributed by atoms with van der Waals surface area (Å²) in [5.74, 6) is 0.209. The van der Waals surface area contributed by atoms with E-state index in [-0.39, 0.29) is 41.8 Å². The lowest BCUT2D eigenvalue weighted by Gasteiger charge is -2.28. The molecule has 1 rings (SSSR count). The van der Waals surface area contributed by atoms with E-state index in [4.69, 9.17) is 5.73 Å². The van der Waals surface area contributed by atoms with E-state index in [1.54, 1.807) is 7.05 Å². The van der Waals surface area contributed by atoms with Gasteiger partial charge in [-0.25, -0.2) is 8.42 Å². The van der Waals surface area contributed by atoms with Gasteiger partial charge in [-0.3, -0.25) is 4.79 Å². The Bertz CT molecular complexity index is 386. The van der Waals surface area contributed by atoms with E-state index in [0.717, 1.165) is 6.42 Å². The summed E-state index contributed by atoms with van der Waals surface area (Å²) in [4.78, 5) is 13.6. The number of carbonyl (C=O) groups excluding carboxylic acids is 1. The standard InChI is InChI=1S/C11H22N2O3S.ClH/c1-4-8(2)10(12)11(14)13(3)9-5-6-17(15,16)7-9;/h8-10H,4-7,12H2,1-3H3;1H. The Morgan fingerprint density at radius 2 is 2.06 bits per heavy atom. The van der Waals surface area contributed by atoms with Crippen molar-refractivity contribution in [2.45, 2.75) is 38.8 Å². The Labute approximate surface area is 115 Å². The second-order valence-electron chi connectivity index (χ2n) is 4.92. The predicted molar refractivity (Wildman–Crippen MR) is 74.5 cm³/mol. The lowest BCUT2D eigenvalue weighted by molar-refractivity contribution is -0.134. The first kappa shape index (κ1) is 17.7. The molecule has 0 spiro atoms. The number of rotatable bonds is 4. The summed E-state index contributed by atoms with van der Waals surface area (Å²) in [6.07, 6.45) is 1.36. The van der Waals surface area contributed by atoms with E-state index < -0.39 is 15.9 Å². The average molecular weight is 299 g/mol. The molecule has 18 heavy (non-hydrogen) atoms. The predicted octanol–water partition coefficient (Wildman–Crippen LogP) is 0.427. The van der Waals surface area contributed by atoms with Crippen molar-refractivity contribution in [1.29, 1.82) is 0 Å². The molecule has 1 saturated heterocycles. The largest absolute Gasteiger partial charge is 0.340 e. The highest BCUT2D eigenvalue weighted by atomic mass is 35.5. The van der Waals surface area contributed by atoms with Crippen molar-refractivity contribution in [1.82, 2.24) is 4.90 Å². The molecule has 0 aliphatic carbocycles. The molecule has 108 valence electrons. The second kappa shape index (κ2) is 6.73. The van der Waals surface area contributed by atoms with E-state index in [1.165, 1.54) is 4.90 Å². The van der Waals surface area contributed by atoms with Crippen LogP contribution in [0.4, 0.5) is 0 Å². The van der Waals surface area contributed by atoms with Crippen LogP contribution in [0.25, 0.3) is 0 Å². The van der Waals surface area contributed by atoms with E-state index in [0.29, 0.717) is 6.42 Å². The molecular weight excluding hydrogens is 276 g/mol. The SMILES string of the molecule is CCC(C)C(N)C(=O)N(C)C1CCS(=O)(=O)C1.Cl. The van der Waals surface area contributed by atoms with Gasteiger partial charge in [-0.1, -0.05) is 20.3 Å². The van der Waals surface area contributed by atoms with Gasteiger partial charge in [0, 0.05) is 13.1 Å². The fourth-order valence-electron chi connectivity index (χ4n) is 1.99. The summed E-state index contributed by atoms with van der Waals surface area (Å²) in [5.41, 5.74) is 5.87. The molecule has 0 saturated carbocycles. The fraction of sp³-hybridized carbons (Fsp3) is 0.909. The molecule has 0 aromatic rings. The molecule has 3 atom stereocenters. The zero-order valence-electron chi connectivity index (χ0n) is 11.1. The molecule has 1 fully saturated rings. The van der Waals surface area contributed by atoms with Crippen molar-refractivity contribution in [3.8, 4) is 0 Å². The third-order valence-electron chi connectivity index (χ3n) is 3.65. The number of halogens is 1. The molecular formula is C11H23ClN2O3S. The van der Waals surface area contributed by atoms with E-state index in [2.05, 4.69) is 0 Å². The highest BCUT2D eigenvalue weighted by molar-refractivity contribution is 7.91. The maximum atomic E-state index is 12.0. The van der Waals surface area contributed by atoms with Gasteiger partial charge in [-0.05, 0) is 12.3 Å². The lowest BCUT2D eigenvalue weighted by Crippen LogP contribution is -2.49. The Hall–Kier alpha value is -0.330. The maximum Gasteiger partial charge on any atom is 0.239 e. The van der Waals surface area contributed by atoms with Crippen LogP contribution >= 0.6 is 12.4 Å². The zero-order valence-corrected chi connectivity index (χ0v) is 12.8. The Kier molecular flexibility index (Phi) is 6.60. The van der Waals surface area contributed by atoms with E-state index in [9.17, 15) is 13.2 Å². The third kappa shape index (κ3) is 4.10. The molecule has 1 aliphatic heterocycles. The summed E-state index contributed by atoms with van der Waals surface area (Å²) in [7, 11) is -1.31. The minimum atomic E-state index is -2.96. The summed E-state index contributed by atoms with van der Waals surface area (Å²) < 4.78 is 22.7. The minimum absolute atomic E-state index is 0. The normalized spacial score (nSPS) is 25.0. The number of likely N-dealkylation sites (N-methyl/N-ethyl adjacent to an activating group) is 1. The van der Waals surface area contributed by atoms with E-state index >= 15 is 0 Å². The molecule has 3 unspecified atom stereocenters.